The third-order valence-corrected chi connectivity index (χ3v) is 4.11. The van der Waals surface area contributed by atoms with E-state index in [9.17, 15) is 0 Å². The Hall–Kier alpha value is -0.0400. The first-order chi connectivity index (χ1) is 4.80. The summed E-state index contributed by atoms with van der Waals surface area (Å²) in [5, 5.41) is 0. The van der Waals surface area contributed by atoms with E-state index in [2.05, 4.69) is 0 Å². The maximum absolute atomic E-state index is 6.14. The second kappa shape index (κ2) is 1.42. The highest BCUT2D eigenvalue weighted by Crippen LogP contribution is 2.64. The fourth-order valence-corrected chi connectivity index (χ4v) is 3.79. The van der Waals surface area contributed by atoms with Gasteiger partial charge in [0.05, 0.1) is 0 Å². The molecule has 2 atom stereocenters. The van der Waals surface area contributed by atoms with Crippen LogP contribution in [-0.2, 0) is 0 Å². The smallest absolute Gasteiger partial charge is 0.0193 e. The van der Waals surface area contributed by atoms with Crippen LogP contribution in [0.15, 0.2) is 0 Å². The zero-order valence-electron chi connectivity index (χ0n) is 6.34. The van der Waals surface area contributed by atoms with Crippen LogP contribution in [0.2, 0.25) is 0 Å². The van der Waals surface area contributed by atoms with Crippen molar-refractivity contribution < 1.29 is 0 Å². The van der Waals surface area contributed by atoms with E-state index < -0.39 is 0 Å². The van der Waals surface area contributed by atoms with Gasteiger partial charge in [0.2, 0.25) is 0 Å². The Morgan fingerprint density at radius 1 is 1.10 bits per heavy atom. The summed E-state index contributed by atoms with van der Waals surface area (Å²) in [5.41, 5.74) is 6.50. The second-order valence-electron chi connectivity index (χ2n) is 4.62. The second-order valence-corrected chi connectivity index (χ2v) is 4.62. The maximum Gasteiger partial charge on any atom is 0.0193 e. The van der Waals surface area contributed by atoms with Crippen molar-refractivity contribution >= 4 is 0 Å². The topological polar surface area (TPSA) is 26.0 Å². The first kappa shape index (κ1) is 5.59. The third kappa shape index (κ3) is 0.430. The van der Waals surface area contributed by atoms with Crippen molar-refractivity contribution in [3.8, 4) is 0 Å². The number of hydrogen-bond donors (Lipinski definition) is 1. The van der Waals surface area contributed by atoms with E-state index in [-0.39, 0.29) is 0 Å². The van der Waals surface area contributed by atoms with E-state index in [4.69, 9.17) is 5.73 Å². The van der Waals surface area contributed by atoms with Gasteiger partial charge >= 0.3 is 0 Å². The van der Waals surface area contributed by atoms with Crippen LogP contribution in [0.4, 0.5) is 0 Å². The Morgan fingerprint density at radius 3 is 2.10 bits per heavy atom. The summed E-state index contributed by atoms with van der Waals surface area (Å²) in [6.45, 7) is 0. The molecule has 0 bridgehead atoms. The zero-order valence-corrected chi connectivity index (χ0v) is 6.34. The summed E-state index contributed by atoms with van der Waals surface area (Å²) in [6.07, 6.45) is 7.17. The van der Waals surface area contributed by atoms with Crippen LogP contribution in [0, 0.1) is 17.8 Å². The molecule has 0 aromatic carbocycles. The molecule has 0 saturated heterocycles. The van der Waals surface area contributed by atoms with E-state index >= 15 is 0 Å². The van der Waals surface area contributed by atoms with Crippen molar-refractivity contribution in [2.75, 3.05) is 0 Å². The summed E-state index contributed by atoms with van der Waals surface area (Å²) in [6, 6.07) is 0. The molecule has 10 heavy (non-hydrogen) atoms. The summed E-state index contributed by atoms with van der Waals surface area (Å²) in [5.74, 6) is 3.08. The molecule has 2 unspecified atom stereocenters. The minimum absolute atomic E-state index is 0.357. The summed E-state index contributed by atoms with van der Waals surface area (Å²) in [4.78, 5) is 0. The fourth-order valence-electron chi connectivity index (χ4n) is 3.79. The van der Waals surface area contributed by atoms with Gasteiger partial charge in [-0.3, -0.25) is 0 Å². The normalized spacial score (nSPS) is 63.9. The molecule has 0 aliphatic heterocycles. The zero-order chi connectivity index (χ0) is 6.77. The first-order valence-electron chi connectivity index (χ1n) is 4.58. The quantitative estimate of drug-likeness (QED) is 0.538. The van der Waals surface area contributed by atoms with Crippen LogP contribution in [0.3, 0.4) is 0 Å². The average Bonchev–Trinajstić information content (AvgIpc) is 1.82. The Labute approximate surface area is 62.0 Å². The van der Waals surface area contributed by atoms with Gasteiger partial charge < -0.3 is 5.73 Å². The van der Waals surface area contributed by atoms with Crippen LogP contribution in [-0.4, -0.2) is 5.54 Å². The van der Waals surface area contributed by atoms with Crippen molar-refractivity contribution in [3.63, 3.8) is 0 Å². The van der Waals surface area contributed by atoms with E-state index in [0.717, 1.165) is 17.8 Å². The predicted octanol–water partition coefficient (Wildman–Crippen LogP) is 1.52. The Kier molecular flexibility index (Phi) is 0.797. The molecule has 0 heterocycles. The van der Waals surface area contributed by atoms with Gasteiger partial charge in [-0.05, 0) is 30.6 Å². The molecule has 0 aromatic rings. The molecule has 0 aromatic heterocycles. The van der Waals surface area contributed by atoms with Crippen LogP contribution in [0.5, 0.6) is 0 Å². The molecule has 3 fully saturated rings. The van der Waals surface area contributed by atoms with E-state index in [1.54, 1.807) is 0 Å². The lowest BCUT2D eigenvalue weighted by Gasteiger charge is -2.68. The average molecular weight is 137 g/mol. The molecule has 1 nitrogen and oxygen atoms in total. The fraction of sp³-hybridized carbons (Fsp3) is 1.00. The molecule has 0 radical (unpaired) electrons. The highest BCUT2D eigenvalue weighted by Gasteiger charge is 2.63. The van der Waals surface area contributed by atoms with Crippen molar-refractivity contribution in [3.05, 3.63) is 0 Å². The maximum atomic E-state index is 6.14. The van der Waals surface area contributed by atoms with Gasteiger partial charge in [0, 0.05) is 5.54 Å². The summed E-state index contributed by atoms with van der Waals surface area (Å²) < 4.78 is 0. The molecular formula is C9H15N. The van der Waals surface area contributed by atoms with Gasteiger partial charge in [-0.25, -0.2) is 0 Å². The van der Waals surface area contributed by atoms with Crippen molar-refractivity contribution in [2.24, 2.45) is 23.5 Å². The molecule has 3 rings (SSSR count). The van der Waals surface area contributed by atoms with Gasteiger partial charge in [-0.2, -0.15) is 0 Å². The molecule has 56 valence electrons. The first-order valence-corrected chi connectivity index (χ1v) is 4.58. The largest absolute Gasteiger partial charge is 0.325 e. The van der Waals surface area contributed by atoms with Gasteiger partial charge in [-0.15, -0.1) is 0 Å². The van der Waals surface area contributed by atoms with Crippen LogP contribution in [0.25, 0.3) is 0 Å². The lowest BCUT2D eigenvalue weighted by Crippen LogP contribution is -2.72. The number of rotatable bonds is 0. The van der Waals surface area contributed by atoms with Crippen molar-refractivity contribution in [1.29, 1.82) is 0 Å². The summed E-state index contributed by atoms with van der Waals surface area (Å²) in [7, 11) is 0. The number of nitrogens with two attached hydrogens (primary N) is 1. The molecule has 0 amide bonds. The minimum atomic E-state index is 0.357. The standard InChI is InChI=1S/C9H15N/c10-9-4-6-2-1-3-7(5-9)8(6)9/h6-8H,1-5,10H2. The van der Waals surface area contributed by atoms with Gasteiger partial charge in [0.1, 0.15) is 0 Å². The minimum Gasteiger partial charge on any atom is -0.325 e. The molecule has 1 heteroatoms. The lowest BCUT2D eigenvalue weighted by atomic mass is 9.40. The molecule has 0 spiro atoms. The number of hydrogen-bond acceptors (Lipinski definition) is 1. The molecule has 3 saturated carbocycles. The van der Waals surface area contributed by atoms with Crippen LogP contribution < -0.4 is 5.73 Å². The SMILES string of the molecule is NC12CC3CCCC(C1)C32. The molecule has 2 N–H and O–H groups in total. The van der Waals surface area contributed by atoms with E-state index in [0.29, 0.717) is 5.54 Å². The van der Waals surface area contributed by atoms with Crippen LogP contribution >= 0.6 is 0 Å². The van der Waals surface area contributed by atoms with Crippen molar-refractivity contribution in [2.45, 2.75) is 37.6 Å². The van der Waals surface area contributed by atoms with E-state index in [1.807, 2.05) is 0 Å². The van der Waals surface area contributed by atoms with Gasteiger partial charge in [-0.1, -0.05) is 19.3 Å². The Morgan fingerprint density at radius 2 is 1.70 bits per heavy atom. The third-order valence-electron chi connectivity index (χ3n) is 4.11. The van der Waals surface area contributed by atoms with E-state index in [1.165, 1.54) is 32.1 Å². The Balaban J connectivity index is 1.86. The Bertz CT molecular complexity index is 162. The monoisotopic (exact) mass is 137 g/mol. The molecule has 3 aliphatic carbocycles. The van der Waals surface area contributed by atoms with Gasteiger partial charge in [0.25, 0.3) is 0 Å². The highest BCUT2D eigenvalue weighted by molar-refractivity contribution is 5.18. The molecular weight excluding hydrogens is 122 g/mol. The van der Waals surface area contributed by atoms with Gasteiger partial charge in [0.15, 0.2) is 0 Å². The van der Waals surface area contributed by atoms with Crippen LogP contribution in [0.1, 0.15) is 32.1 Å². The lowest BCUT2D eigenvalue weighted by molar-refractivity contribution is -0.141. The molecule has 3 aliphatic rings. The highest BCUT2D eigenvalue weighted by atomic mass is 14.9. The van der Waals surface area contributed by atoms with Crippen molar-refractivity contribution in [1.82, 2.24) is 0 Å². The predicted molar refractivity (Wildman–Crippen MR) is 40.5 cm³/mol. The summed E-state index contributed by atoms with van der Waals surface area (Å²) >= 11 is 0.